The molecule has 0 bridgehead atoms. The lowest BCUT2D eigenvalue weighted by molar-refractivity contribution is 0.414. The molecule has 3 heteroatoms. The van der Waals surface area contributed by atoms with Gasteiger partial charge in [-0.25, -0.2) is 5.53 Å². The van der Waals surface area contributed by atoms with Crippen LogP contribution in [0.5, 0.6) is 5.75 Å². The molecule has 0 unspecified atom stereocenters. The average molecular weight is 188 g/mol. The molecular weight excluding hydrogens is 176 g/mol. The van der Waals surface area contributed by atoms with Crippen molar-refractivity contribution in [1.29, 1.82) is 5.53 Å². The Balaban J connectivity index is 3.25. The zero-order valence-electron chi connectivity index (χ0n) is 8.03. The van der Waals surface area contributed by atoms with E-state index < -0.39 is 0 Å². The van der Waals surface area contributed by atoms with Gasteiger partial charge in [0.15, 0.2) is 0 Å². The van der Waals surface area contributed by atoms with E-state index in [1.54, 1.807) is 19.3 Å². The summed E-state index contributed by atoms with van der Waals surface area (Å²) >= 11 is 0. The largest absolute Gasteiger partial charge is 0.496 e. The molecule has 0 aliphatic rings. The Hall–Kier alpha value is -1.90. The van der Waals surface area contributed by atoms with Crippen molar-refractivity contribution in [3.05, 3.63) is 42.1 Å². The first kappa shape index (κ1) is 10.2. The Kier molecular flexibility index (Phi) is 3.61. The van der Waals surface area contributed by atoms with E-state index in [9.17, 15) is 0 Å². The lowest BCUT2D eigenvalue weighted by Gasteiger charge is -2.06. The molecule has 0 fully saturated rings. The molecule has 0 atom stereocenters. The summed E-state index contributed by atoms with van der Waals surface area (Å²) in [6.07, 6.45) is 4.87. The Labute approximate surface area is 83.2 Å². The van der Waals surface area contributed by atoms with Gasteiger partial charge in [-0.3, -0.25) is 0 Å². The van der Waals surface area contributed by atoms with Crippen LogP contribution in [-0.2, 0) is 0 Å². The fraction of sp³-hybridized carbons (Fsp3) is 0.0909. The molecule has 0 radical (unpaired) electrons. The summed E-state index contributed by atoms with van der Waals surface area (Å²) < 4.78 is 5.18. The minimum atomic E-state index is 0.752. The third-order valence-corrected chi connectivity index (χ3v) is 1.86. The van der Waals surface area contributed by atoms with E-state index >= 15 is 0 Å². The van der Waals surface area contributed by atoms with Crippen LogP contribution in [0.25, 0.3) is 12.2 Å². The van der Waals surface area contributed by atoms with Crippen LogP contribution in [0.1, 0.15) is 11.1 Å². The summed E-state index contributed by atoms with van der Waals surface area (Å²) in [7, 11) is 1.61. The Morgan fingerprint density at radius 1 is 1.50 bits per heavy atom. The highest BCUT2D eigenvalue weighted by Crippen LogP contribution is 2.24. The summed E-state index contributed by atoms with van der Waals surface area (Å²) in [5.41, 5.74) is 8.53. The Bertz CT molecular complexity index is 370. The Morgan fingerprint density at radius 3 is 2.86 bits per heavy atom. The van der Waals surface area contributed by atoms with Crippen LogP contribution < -0.4 is 4.74 Å². The van der Waals surface area contributed by atoms with E-state index in [0.29, 0.717) is 0 Å². The van der Waals surface area contributed by atoms with Gasteiger partial charge < -0.3 is 4.74 Å². The van der Waals surface area contributed by atoms with Crippen molar-refractivity contribution in [2.75, 3.05) is 7.11 Å². The molecule has 1 aromatic rings. The van der Waals surface area contributed by atoms with Crippen LogP contribution in [0.4, 0.5) is 0 Å². The predicted molar refractivity (Wildman–Crippen MR) is 57.3 cm³/mol. The zero-order chi connectivity index (χ0) is 10.4. The van der Waals surface area contributed by atoms with Crippen molar-refractivity contribution in [1.82, 2.24) is 0 Å². The molecule has 3 nitrogen and oxygen atoms in total. The van der Waals surface area contributed by atoms with Gasteiger partial charge in [-0.05, 0) is 17.7 Å². The monoisotopic (exact) mass is 188 g/mol. The molecule has 0 saturated carbocycles. The molecule has 1 rings (SSSR count). The molecular formula is C11H12N2O. The lowest BCUT2D eigenvalue weighted by atomic mass is 10.1. The van der Waals surface area contributed by atoms with Crippen molar-refractivity contribution < 1.29 is 4.74 Å². The first-order chi connectivity index (χ1) is 6.83. The van der Waals surface area contributed by atoms with Crippen molar-refractivity contribution in [2.45, 2.75) is 0 Å². The minimum Gasteiger partial charge on any atom is -0.496 e. The second-order valence-corrected chi connectivity index (χ2v) is 2.61. The average Bonchev–Trinajstić information content (AvgIpc) is 2.25. The normalized spacial score (nSPS) is 10.1. The summed E-state index contributed by atoms with van der Waals surface area (Å²) in [6, 6.07) is 5.68. The van der Waals surface area contributed by atoms with Gasteiger partial charge in [0.2, 0.25) is 0 Å². The van der Waals surface area contributed by atoms with Gasteiger partial charge in [0.1, 0.15) is 5.75 Å². The second kappa shape index (κ2) is 4.97. The van der Waals surface area contributed by atoms with E-state index in [0.717, 1.165) is 16.9 Å². The first-order valence-corrected chi connectivity index (χ1v) is 4.16. The van der Waals surface area contributed by atoms with Crippen LogP contribution in [0, 0.1) is 5.53 Å². The van der Waals surface area contributed by atoms with Crippen molar-refractivity contribution in [2.24, 2.45) is 5.11 Å². The van der Waals surface area contributed by atoms with Crippen molar-refractivity contribution in [3.8, 4) is 5.75 Å². The number of hydrogen-bond acceptors (Lipinski definition) is 3. The van der Waals surface area contributed by atoms with Gasteiger partial charge in [0, 0.05) is 11.8 Å². The maximum absolute atomic E-state index is 6.68. The standard InChI is InChI=1S/C11H12N2O/c1-3-9-5-4-6-11(14-2)10(9)7-8-13-12/h3-8,12H,1H2,2H3/b8-7-,13-12?. The highest BCUT2D eigenvalue weighted by atomic mass is 16.5. The summed E-state index contributed by atoms with van der Waals surface area (Å²) in [4.78, 5) is 0. The quantitative estimate of drug-likeness (QED) is 0.723. The van der Waals surface area contributed by atoms with Crippen LogP contribution in [0.3, 0.4) is 0 Å². The topological polar surface area (TPSA) is 45.4 Å². The molecule has 0 heterocycles. The van der Waals surface area contributed by atoms with Gasteiger partial charge in [0.05, 0.1) is 7.11 Å². The molecule has 1 aromatic carbocycles. The fourth-order valence-corrected chi connectivity index (χ4v) is 1.21. The van der Waals surface area contributed by atoms with Gasteiger partial charge in [-0.15, -0.1) is 0 Å². The maximum Gasteiger partial charge on any atom is 0.126 e. The molecule has 1 N–H and O–H groups in total. The zero-order valence-corrected chi connectivity index (χ0v) is 8.03. The van der Waals surface area contributed by atoms with E-state index in [1.807, 2.05) is 18.2 Å². The highest BCUT2D eigenvalue weighted by Gasteiger charge is 2.02. The third-order valence-electron chi connectivity index (χ3n) is 1.86. The van der Waals surface area contributed by atoms with Crippen molar-refractivity contribution >= 4 is 12.2 Å². The lowest BCUT2D eigenvalue weighted by Crippen LogP contribution is -1.89. The van der Waals surface area contributed by atoms with E-state index in [1.165, 1.54) is 6.20 Å². The van der Waals surface area contributed by atoms with Crippen LogP contribution in [0.15, 0.2) is 36.1 Å². The predicted octanol–water partition coefficient (Wildman–Crippen LogP) is 3.34. The van der Waals surface area contributed by atoms with Gasteiger partial charge in [-0.2, -0.15) is 5.11 Å². The van der Waals surface area contributed by atoms with Crippen LogP contribution in [-0.4, -0.2) is 7.11 Å². The van der Waals surface area contributed by atoms with Gasteiger partial charge in [0.25, 0.3) is 0 Å². The first-order valence-electron chi connectivity index (χ1n) is 4.16. The fourth-order valence-electron chi connectivity index (χ4n) is 1.21. The molecule has 72 valence electrons. The summed E-state index contributed by atoms with van der Waals surface area (Å²) in [5.74, 6) is 0.752. The number of hydrogen-bond donors (Lipinski definition) is 1. The van der Waals surface area contributed by atoms with Gasteiger partial charge in [-0.1, -0.05) is 24.8 Å². The molecule has 0 spiro atoms. The smallest absolute Gasteiger partial charge is 0.126 e. The number of ether oxygens (including phenoxy) is 1. The van der Waals surface area contributed by atoms with Gasteiger partial charge >= 0.3 is 0 Å². The highest BCUT2D eigenvalue weighted by molar-refractivity contribution is 5.69. The van der Waals surface area contributed by atoms with Crippen LogP contribution in [0.2, 0.25) is 0 Å². The number of benzene rings is 1. The third kappa shape index (κ3) is 2.07. The molecule has 0 aliphatic heterocycles. The van der Waals surface area contributed by atoms with E-state index in [-0.39, 0.29) is 0 Å². The number of nitrogens with one attached hydrogen (secondary N) is 1. The summed E-state index contributed by atoms with van der Waals surface area (Å²) in [5, 5.41) is 3.16. The summed E-state index contributed by atoms with van der Waals surface area (Å²) in [6.45, 7) is 3.71. The molecule has 0 aromatic heterocycles. The Morgan fingerprint density at radius 2 is 2.29 bits per heavy atom. The number of rotatable bonds is 4. The molecule has 14 heavy (non-hydrogen) atoms. The van der Waals surface area contributed by atoms with Crippen LogP contribution >= 0.6 is 0 Å². The minimum absolute atomic E-state index is 0.752. The number of methoxy groups -OCH3 is 1. The SMILES string of the molecule is C=Cc1cccc(OC)c1/C=C\N=N. The number of nitrogens with zero attached hydrogens (tertiary/aromatic N) is 1. The van der Waals surface area contributed by atoms with E-state index in [2.05, 4.69) is 11.7 Å². The molecule has 0 saturated heterocycles. The van der Waals surface area contributed by atoms with E-state index in [4.69, 9.17) is 10.3 Å². The molecule has 0 aliphatic carbocycles. The second-order valence-electron chi connectivity index (χ2n) is 2.61. The van der Waals surface area contributed by atoms with Crippen molar-refractivity contribution in [3.63, 3.8) is 0 Å². The maximum atomic E-state index is 6.68. The molecule has 0 amide bonds.